The Bertz CT molecular complexity index is 585. The van der Waals surface area contributed by atoms with Crippen LogP contribution in [-0.4, -0.2) is 23.5 Å². The molecule has 1 heterocycles. The second-order valence-corrected chi connectivity index (χ2v) is 5.34. The third-order valence-corrected chi connectivity index (χ3v) is 3.30. The normalized spacial score (nSPS) is 11.7. The molecule has 3 nitrogen and oxygen atoms in total. The van der Waals surface area contributed by atoms with Crippen LogP contribution >= 0.6 is 0 Å². The molecule has 0 saturated carbocycles. The number of hydrogen-bond acceptors (Lipinski definition) is 3. The third-order valence-electron chi connectivity index (χ3n) is 3.30. The standard InChI is InChI=1S/C16H19NO2/c1-16(2,19-3)11-13(18)10-12-8-9-17-15-7-5-4-6-14(12)15/h4-9H,10-11H2,1-3H3. The van der Waals surface area contributed by atoms with Crippen molar-refractivity contribution < 1.29 is 9.53 Å². The zero-order valence-electron chi connectivity index (χ0n) is 11.6. The summed E-state index contributed by atoms with van der Waals surface area (Å²) in [7, 11) is 1.63. The smallest absolute Gasteiger partial charge is 0.140 e. The highest BCUT2D eigenvalue weighted by Gasteiger charge is 2.21. The Labute approximate surface area is 113 Å². The van der Waals surface area contributed by atoms with Gasteiger partial charge in [0.1, 0.15) is 5.78 Å². The summed E-state index contributed by atoms with van der Waals surface area (Å²) < 4.78 is 5.30. The summed E-state index contributed by atoms with van der Waals surface area (Å²) in [5.74, 6) is 0.184. The van der Waals surface area contributed by atoms with E-state index in [1.54, 1.807) is 13.3 Å². The maximum absolute atomic E-state index is 12.1. The van der Waals surface area contributed by atoms with Gasteiger partial charge in [-0.05, 0) is 31.5 Å². The number of Topliss-reactive ketones (excluding diaryl/α,β-unsaturated/α-hetero) is 1. The lowest BCUT2D eigenvalue weighted by atomic mass is 9.96. The molecule has 100 valence electrons. The highest BCUT2D eigenvalue weighted by molar-refractivity contribution is 5.89. The van der Waals surface area contributed by atoms with Gasteiger partial charge in [0, 0.05) is 31.5 Å². The predicted molar refractivity (Wildman–Crippen MR) is 76.2 cm³/mol. The summed E-state index contributed by atoms with van der Waals surface area (Å²) in [4.78, 5) is 16.4. The van der Waals surface area contributed by atoms with Gasteiger partial charge in [-0.2, -0.15) is 0 Å². The number of nitrogens with zero attached hydrogens (tertiary/aromatic N) is 1. The minimum absolute atomic E-state index is 0.184. The molecule has 0 aliphatic heterocycles. The van der Waals surface area contributed by atoms with Gasteiger partial charge < -0.3 is 4.74 Å². The lowest BCUT2D eigenvalue weighted by Crippen LogP contribution is -2.27. The first kappa shape index (κ1) is 13.7. The molecule has 0 spiro atoms. The lowest BCUT2D eigenvalue weighted by molar-refractivity contribution is -0.123. The molecule has 0 fully saturated rings. The van der Waals surface area contributed by atoms with Gasteiger partial charge in [-0.15, -0.1) is 0 Å². The van der Waals surface area contributed by atoms with Gasteiger partial charge in [0.15, 0.2) is 0 Å². The minimum atomic E-state index is -0.403. The van der Waals surface area contributed by atoms with Crippen LogP contribution in [0.3, 0.4) is 0 Å². The van der Waals surface area contributed by atoms with Crippen molar-refractivity contribution >= 4 is 16.7 Å². The van der Waals surface area contributed by atoms with E-state index in [4.69, 9.17) is 4.74 Å². The number of fused-ring (bicyclic) bond motifs is 1. The molecule has 0 amide bonds. The Morgan fingerprint density at radius 3 is 2.74 bits per heavy atom. The number of pyridine rings is 1. The van der Waals surface area contributed by atoms with Crippen LogP contribution in [0.2, 0.25) is 0 Å². The van der Waals surface area contributed by atoms with Crippen molar-refractivity contribution in [2.45, 2.75) is 32.3 Å². The number of para-hydroxylation sites is 1. The Kier molecular flexibility index (Phi) is 3.96. The van der Waals surface area contributed by atoms with E-state index in [0.29, 0.717) is 12.8 Å². The molecule has 0 saturated heterocycles. The van der Waals surface area contributed by atoms with Crippen molar-refractivity contribution in [2.75, 3.05) is 7.11 Å². The van der Waals surface area contributed by atoms with E-state index in [1.165, 1.54) is 0 Å². The number of carbonyl (C=O) groups is 1. The van der Waals surface area contributed by atoms with E-state index >= 15 is 0 Å². The quantitative estimate of drug-likeness (QED) is 0.826. The van der Waals surface area contributed by atoms with E-state index in [-0.39, 0.29) is 5.78 Å². The summed E-state index contributed by atoms with van der Waals surface area (Å²) in [6, 6.07) is 9.81. The molecule has 0 atom stereocenters. The van der Waals surface area contributed by atoms with Gasteiger partial charge in [0.05, 0.1) is 11.1 Å². The molecular weight excluding hydrogens is 238 g/mol. The largest absolute Gasteiger partial charge is 0.378 e. The number of ketones is 1. The molecule has 3 heteroatoms. The lowest BCUT2D eigenvalue weighted by Gasteiger charge is -2.21. The first-order chi connectivity index (χ1) is 9.02. The summed E-state index contributed by atoms with van der Waals surface area (Å²) in [6.45, 7) is 3.85. The highest BCUT2D eigenvalue weighted by Crippen LogP contribution is 2.19. The van der Waals surface area contributed by atoms with Crippen LogP contribution in [0.4, 0.5) is 0 Å². The maximum Gasteiger partial charge on any atom is 0.140 e. The minimum Gasteiger partial charge on any atom is -0.378 e. The first-order valence-electron chi connectivity index (χ1n) is 6.41. The first-order valence-corrected chi connectivity index (χ1v) is 6.41. The van der Waals surface area contributed by atoms with Crippen molar-refractivity contribution in [1.29, 1.82) is 0 Å². The molecule has 2 rings (SSSR count). The summed E-state index contributed by atoms with van der Waals surface area (Å²) in [5.41, 5.74) is 1.56. The van der Waals surface area contributed by atoms with Crippen LogP contribution in [0.25, 0.3) is 10.9 Å². The van der Waals surface area contributed by atoms with Crippen molar-refractivity contribution in [3.8, 4) is 0 Å². The molecule has 0 radical (unpaired) electrons. The number of ether oxygens (including phenoxy) is 1. The molecule has 0 aliphatic rings. The molecule has 2 aromatic rings. The summed E-state index contributed by atoms with van der Waals surface area (Å²) in [5, 5.41) is 1.05. The zero-order chi connectivity index (χ0) is 13.9. The van der Waals surface area contributed by atoms with Crippen LogP contribution in [0.15, 0.2) is 36.5 Å². The number of aromatic nitrogens is 1. The molecule has 1 aromatic heterocycles. The van der Waals surface area contributed by atoms with Gasteiger partial charge in [-0.3, -0.25) is 9.78 Å². The number of benzene rings is 1. The van der Waals surface area contributed by atoms with Crippen LogP contribution in [0.1, 0.15) is 25.8 Å². The Hall–Kier alpha value is -1.74. The van der Waals surface area contributed by atoms with Gasteiger partial charge in [-0.25, -0.2) is 0 Å². The number of rotatable bonds is 5. The van der Waals surface area contributed by atoms with Crippen molar-refractivity contribution in [1.82, 2.24) is 4.98 Å². The molecule has 0 aliphatic carbocycles. The Morgan fingerprint density at radius 2 is 2.00 bits per heavy atom. The summed E-state index contributed by atoms with van der Waals surface area (Å²) in [6.07, 6.45) is 2.60. The highest BCUT2D eigenvalue weighted by atomic mass is 16.5. The number of methoxy groups -OCH3 is 1. The van der Waals surface area contributed by atoms with Crippen LogP contribution in [0.5, 0.6) is 0 Å². The van der Waals surface area contributed by atoms with E-state index in [0.717, 1.165) is 16.5 Å². The SMILES string of the molecule is COC(C)(C)CC(=O)Cc1ccnc2ccccc12. The van der Waals surface area contributed by atoms with E-state index in [9.17, 15) is 4.79 Å². The number of carbonyl (C=O) groups excluding carboxylic acids is 1. The summed E-state index contributed by atoms with van der Waals surface area (Å²) >= 11 is 0. The fourth-order valence-corrected chi connectivity index (χ4v) is 2.13. The van der Waals surface area contributed by atoms with Crippen molar-refractivity contribution in [2.24, 2.45) is 0 Å². The van der Waals surface area contributed by atoms with Gasteiger partial charge in [0.25, 0.3) is 0 Å². The second-order valence-electron chi connectivity index (χ2n) is 5.34. The molecule has 0 unspecified atom stereocenters. The number of hydrogen-bond donors (Lipinski definition) is 0. The Balaban J connectivity index is 2.20. The average molecular weight is 257 g/mol. The van der Waals surface area contributed by atoms with E-state index < -0.39 is 5.60 Å². The topological polar surface area (TPSA) is 39.2 Å². The van der Waals surface area contributed by atoms with Crippen LogP contribution < -0.4 is 0 Å². The third kappa shape index (κ3) is 3.38. The fraction of sp³-hybridized carbons (Fsp3) is 0.375. The molecule has 1 aromatic carbocycles. The van der Waals surface area contributed by atoms with Crippen molar-refractivity contribution in [3.63, 3.8) is 0 Å². The van der Waals surface area contributed by atoms with Gasteiger partial charge in [-0.1, -0.05) is 18.2 Å². The van der Waals surface area contributed by atoms with Crippen molar-refractivity contribution in [3.05, 3.63) is 42.1 Å². The second kappa shape index (κ2) is 5.49. The van der Waals surface area contributed by atoms with E-state index in [1.807, 2.05) is 44.2 Å². The van der Waals surface area contributed by atoms with Gasteiger partial charge in [0.2, 0.25) is 0 Å². The average Bonchev–Trinajstić information content (AvgIpc) is 2.38. The monoisotopic (exact) mass is 257 g/mol. The maximum atomic E-state index is 12.1. The van der Waals surface area contributed by atoms with Crippen LogP contribution in [0, 0.1) is 0 Å². The molecule has 0 bridgehead atoms. The molecule has 0 N–H and O–H groups in total. The Morgan fingerprint density at radius 1 is 1.26 bits per heavy atom. The fourth-order valence-electron chi connectivity index (χ4n) is 2.13. The zero-order valence-corrected chi connectivity index (χ0v) is 11.6. The molecular formula is C16H19NO2. The predicted octanol–water partition coefficient (Wildman–Crippen LogP) is 3.16. The van der Waals surface area contributed by atoms with Crippen LogP contribution in [-0.2, 0) is 16.0 Å². The molecule has 19 heavy (non-hydrogen) atoms. The van der Waals surface area contributed by atoms with E-state index in [2.05, 4.69) is 4.98 Å². The van der Waals surface area contributed by atoms with Gasteiger partial charge >= 0.3 is 0 Å².